The molecule has 6 heteroatoms. The van der Waals surface area contributed by atoms with Gasteiger partial charge in [0, 0.05) is 19.9 Å². The van der Waals surface area contributed by atoms with Gasteiger partial charge < -0.3 is 20.5 Å². The van der Waals surface area contributed by atoms with E-state index in [1.807, 2.05) is 32.0 Å². The van der Waals surface area contributed by atoms with Crippen molar-refractivity contribution in [3.05, 3.63) is 47.7 Å². The largest absolute Gasteiger partial charge is 0.437 e. The van der Waals surface area contributed by atoms with Gasteiger partial charge in [-0.15, -0.1) is 0 Å². The van der Waals surface area contributed by atoms with Crippen LogP contribution < -0.4 is 15.8 Å². The summed E-state index contributed by atoms with van der Waals surface area (Å²) in [5, 5.41) is 2.80. The van der Waals surface area contributed by atoms with Crippen LogP contribution in [0.1, 0.15) is 17.5 Å². The summed E-state index contributed by atoms with van der Waals surface area (Å²) in [4.78, 5) is 16.4. The molecule has 1 unspecified atom stereocenters. The molecule has 6 nitrogen and oxygen atoms in total. The van der Waals surface area contributed by atoms with E-state index in [0.29, 0.717) is 17.3 Å². The highest BCUT2D eigenvalue weighted by Gasteiger charge is 2.15. The SMILES string of the molecule is COC(CN)CC(=O)Nc1cccnc1Oc1cccc(C)c1C. The van der Waals surface area contributed by atoms with Gasteiger partial charge in [-0.3, -0.25) is 4.79 Å². The van der Waals surface area contributed by atoms with Gasteiger partial charge >= 0.3 is 0 Å². The van der Waals surface area contributed by atoms with E-state index in [0.717, 1.165) is 11.1 Å². The second-order valence-electron chi connectivity index (χ2n) is 5.50. The Morgan fingerprint density at radius 2 is 2.08 bits per heavy atom. The molecule has 0 aliphatic heterocycles. The number of ether oxygens (including phenoxy) is 2. The van der Waals surface area contributed by atoms with E-state index in [2.05, 4.69) is 10.3 Å². The number of aryl methyl sites for hydroxylation is 1. The Labute approximate surface area is 142 Å². The molecule has 128 valence electrons. The molecular formula is C18H23N3O3. The minimum atomic E-state index is -0.315. The molecule has 0 bridgehead atoms. The first-order chi connectivity index (χ1) is 11.5. The lowest BCUT2D eigenvalue weighted by Crippen LogP contribution is -2.28. The van der Waals surface area contributed by atoms with E-state index >= 15 is 0 Å². The fourth-order valence-electron chi connectivity index (χ4n) is 2.18. The molecule has 1 amide bonds. The Bertz CT molecular complexity index is 700. The van der Waals surface area contributed by atoms with Gasteiger partial charge in [0.15, 0.2) is 0 Å². The van der Waals surface area contributed by atoms with E-state index in [1.165, 1.54) is 7.11 Å². The molecular weight excluding hydrogens is 306 g/mol. The zero-order valence-electron chi connectivity index (χ0n) is 14.2. The molecule has 0 saturated carbocycles. The Morgan fingerprint density at radius 3 is 2.79 bits per heavy atom. The van der Waals surface area contributed by atoms with Crippen molar-refractivity contribution in [3.8, 4) is 11.6 Å². The van der Waals surface area contributed by atoms with E-state index < -0.39 is 0 Å². The van der Waals surface area contributed by atoms with Gasteiger partial charge in [0.1, 0.15) is 11.4 Å². The minimum absolute atomic E-state index is 0.171. The van der Waals surface area contributed by atoms with Crippen LogP contribution >= 0.6 is 0 Å². The number of nitrogens with zero attached hydrogens (tertiary/aromatic N) is 1. The van der Waals surface area contributed by atoms with Crippen LogP contribution in [0.3, 0.4) is 0 Å². The molecule has 1 heterocycles. The first-order valence-electron chi connectivity index (χ1n) is 7.77. The van der Waals surface area contributed by atoms with Gasteiger partial charge in [-0.2, -0.15) is 0 Å². The van der Waals surface area contributed by atoms with Gasteiger partial charge in [-0.25, -0.2) is 4.98 Å². The average molecular weight is 329 g/mol. The molecule has 0 aliphatic rings. The van der Waals surface area contributed by atoms with Gasteiger partial charge in [0.05, 0.1) is 12.5 Å². The smallest absolute Gasteiger partial charge is 0.243 e. The molecule has 1 aromatic heterocycles. The number of nitrogens with two attached hydrogens (primary N) is 1. The normalized spacial score (nSPS) is 11.8. The lowest BCUT2D eigenvalue weighted by atomic mass is 10.1. The van der Waals surface area contributed by atoms with Crippen molar-refractivity contribution in [1.82, 2.24) is 4.98 Å². The third-order valence-corrected chi connectivity index (χ3v) is 3.82. The molecule has 1 atom stereocenters. The van der Waals surface area contributed by atoms with E-state index in [-0.39, 0.29) is 25.0 Å². The number of anilines is 1. The third-order valence-electron chi connectivity index (χ3n) is 3.82. The first kappa shape index (κ1) is 17.9. The zero-order valence-corrected chi connectivity index (χ0v) is 14.2. The van der Waals surface area contributed by atoms with Crippen molar-refractivity contribution in [2.75, 3.05) is 19.0 Å². The fraction of sp³-hybridized carbons (Fsp3) is 0.333. The van der Waals surface area contributed by atoms with Gasteiger partial charge in [-0.05, 0) is 43.2 Å². The topological polar surface area (TPSA) is 86.5 Å². The van der Waals surface area contributed by atoms with E-state index in [4.69, 9.17) is 15.2 Å². The first-order valence-corrected chi connectivity index (χ1v) is 7.77. The molecule has 0 fully saturated rings. The summed E-state index contributed by atoms with van der Waals surface area (Å²) in [5.41, 5.74) is 8.21. The van der Waals surface area contributed by atoms with Crippen molar-refractivity contribution in [2.45, 2.75) is 26.4 Å². The average Bonchev–Trinajstić information content (AvgIpc) is 2.58. The number of aromatic nitrogens is 1. The summed E-state index contributed by atoms with van der Waals surface area (Å²) < 4.78 is 11.0. The van der Waals surface area contributed by atoms with Crippen LogP contribution in [0.25, 0.3) is 0 Å². The van der Waals surface area contributed by atoms with Crippen molar-refractivity contribution in [2.24, 2.45) is 5.73 Å². The number of carbonyl (C=O) groups is 1. The molecule has 24 heavy (non-hydrogen) atoms. The fourth-order valence-corrected chi connectivity index (χ4v) is 2.18. The van der Waals surface area contributed by atoms with Crippen molar-refractivity contribution in [3.63, 3.8) is 0 Å². The maximum atomic E-state index is 12.1. The summed E-state index contributed by atoms with van der Waals surface area (Å²) >= 11 is 0. The highest BCUT2D eigenvalue weighted by atomic mass is 16.5. The van der Waals surface area contributed by atoms with Gasteiger partial charge in [-0.1, -0.05) is 12.1 Å². The predicted octanol–water partition coefficient (Wildman–Crippen LogP) is 2.79. The Morgan fingerprint density at radius 1 is 1.29 bits per heavy atom. The van der Waals surface area contributed by atoms with Crippen LogP contribution in [0.2, 0.25) is 0 Å². The number of carbonyl (C=O) groups excluding carboxylic acids is 1. The number of methoxy groups -OCH3 is 1. The maximum absolute atomic E-state index is 12.1. The Hall–Kier alpha value is -2.44. The van der Waals surface area contributed by atoms with Crippen LogP contribution in [-0.4, -0.2) is 30.6 Å². The number of nitrogens with one attached hydrogen (secondary N) is 1. The lowest BCUT2D eigenvalue weighted by Gasteiger charge is -2.15. The molecule has 2 rings (SSSR count). The summed E-state index contributed by atoms with van der Waals surface area (Å²) in [5.74, 6) is 0.855. The summed E-state index contributed by atoms with van der Waals surface area (Å²) in [7, 11) is 1.53. The Balaban J connectivity index is 2.15. The Kier molecular flexibility index (Phi) is 6.28. The molecule has 1 aromatic carbocycles. The molecule has 0 radical (unpaired) electrons. The predicted molar refractivity (Wildman–Crippen MR) is 93.3 cm³/mol. The van der Waals surface area contributed by atoms with Crippen molar-refractivity contribution in [1.29, 1.82) is 0 Å². The number of pyridine rings is 1. The van der Waals surface area contributed by atoms with Gasteiger partial charge in [0.2, 0.25) is 11.8 Å². The summed E-state index contributed by atoms with van der Waals surface area (Å²) in [6.45, 7) is 4.28. The minimum Gasteiger partial charge on any atom is -0.437 e. The van der Waals surface area contributed by atoms with E-state index in [1.54, 1.807) is 18.3 Å². The van der Waals surface area contributed by atoms with Crippen LogP contribution in [0.15, 0.2) is 36.5 Å². The van der Waals surface area contributed by atoms with Crippen molar-refractivity contribution < 1.29 is 14.3 Å². The number of hydrogen-bond donors (Lipinski definition) is 2. The number of amides is 1. The van der Waals surface area contributed by atoms with E-state index in [9.17, 15) is 4.79 Å². The molecule has 0 aliphatic carbocycles. The standard InChI is InChI=1S/C18H23N3O3/c1-12-6-4-8-16(13(12)2)24-18-15(7-5-9-20-18)21-17(22)10-14(11-19)23-3/h4-9,14H,10-11,19H2,1-3H3,(H,21,22). The molecule has 0 spiro atoms. The second kappa shape index (κ2) is 8.42. The number of benzene rings is 1. The lowest BCUT2D eigenvalue weighted by molar-refractivity contribution is -0.118. The zero-order chi connectivity index (χ0) is 17.5. The van der Waals surface area contributed by atoms with Crippen LogP contribution in [0, 0.1) is 13.8 Å². The van der Waals surface area contributed by atoms with Crippen LogP contribution in [0.4, 0.5) is 5.69 Å². The molecule has 2 aromatic rings. The monoisotopic (exact) mass is 329 g/mol. The summed E-state index contributed by atoms with van der Waals surface area (Å²) in [6, 6.07) is 9.29. The maximum Gasteiger partial charge on any atom is 0.243 e. The molecule has 3 N–H and O–H groups in total. The van der Waals surface area contributed by atoms with Gasteiger partial charge in [0.25, 0.3) is 0 Å². The highest BCUT2D eigenvalue weighted by Crippen LogP contribution is 2.30. The number of hydrogen-bond acceptors (Lipinski definition) is 5. The molecule has 0 saturated heterocycles. The highest BCUT2D eigenvalue weighted by molar-refractivity contribution is 5.92. The second-order valence-corrected chi connectivity index (χ2v) is 5.50. The van der Waals surface area contributed by atoms with Crippen LogP contribution in [0.5, 0.6) is 11.6 Å². The third kappa shape index (κ3) is 4.53. The quantitative estimate of drug-likeness (QED) is 0.816. The number of rotatable bonds is 7. The van der Waals surface area contributed by atoms with Crippen LogP contribution in [-0.2, 0) is 9.53 Å². The summed E-state index contributed by atoms with van der Waals surface area (Å²) in [6.07, 6.45) is 1.48. The van der Waals surface area contributed by atoms with Crippen molar-refractivity contribution >= 4 is 11.6 Å².